The summed E-state index contributed by atoms with van der Waals surface area (Å²) in [6.07, 6.45) is 1.88. The lowest BCUT2D eigenvalue weighted by Crippen LogP contribution is -2.37. The van der Waals surface area contributed by atoms with Crippen molar-refractivity contribution in [1.82, 2.24) is 4.90 Å². The summed E-state index contributed by atoms with van der Waals surface area (Å²) in [6, 6.07) is 7.90. The van der Waals surface area contributed by atoms with Crippen LogP contribution in [0.5, 0.6) is 11.5 Å². The maximum absolute atomic E-state index is 14.1. The van der Waals surface area contributed by atoms with Gasteiger partial charge >= 0.3 is 0 Å². The molecule has 3 rings (SSSR count). The summed E-state index contributed by atoms with van der Waals surface area (Å²) in [4.78, 5) is 14.4. The molecule has 1 aliphatic heterocycles. The molecule has 1 amide bonds. The molecule has 136 valence electrons. The fourth-order valence-corrected chi connectivity index (χ4v) is 3.09. The highest BCUT2D eigenvalue weighted by molar-refractivity contribution is 6.02. The number of methoxy groups -OCH3 is 2. The molecule has 2 aromatic carbocycles. The van der Waals surface area contributed by atoms with Gasteiger partial charge in [0.2, 0.25) is 0 Å². The number of carbonyl (C=O) groups excluding carboxylic acids is 1. The van der Waals surface area contributed by atoms with E-state index in [-0.39, 0.29) is 11.7 Å². The number of ether oxygens (including phenoxy) is 2. The first-order valence-corrected chi connectivity index (χ1v) is 8.04. The third kappa shape index (κ3) is 2.92. The van der Waals surface area contributed by atoms with Crippen LogP contribution < -0.4 is 20.9 Å². The van der Waals surface area contributed by atoms with E-state index in [9.17, 15) is 9.18 Å². The van der Waals surface area contributed by atoms with Gasteiger partial charge in [0, 0.05) is 35.6 Å². The third-order valence-electron chi connectivity index (χ3n) is 4.44. The highest BCUT2D eigenvalue weighted by atomic mass is 19.1. The summed E-state index contributed by atoms with van der Waals surface area (Å²) >= 11 is 0. The van der Waals surface area contributed by atoms with Crippen LogP contribution in [0.3, 0.4) is 0 Å². The van der Waals surface area contributed by atoms with Crippen LogP contribution in [0.2, 0.25) is 0 Å². The maximum atomic E-state index is 14.1. The first kappa shape index (κ1) is 17.6. The SMILES string of the molecule is COc1ccc(/C(=C\N)N2CCc3cc(OC)c(F)cc3C2=O)c(N)c1. The molecule has 0 fully saturated rings. The van der Waals surface area contributed by atoms with Crippen LogP contribution in [0.4, 0.5) is 10.1 Å². The van der Waals surface area contributed by atoms with Crippen LogP contribution in [0.1, 0.15) is 21.5 Å². The minimum absolute atomic E-state index is 0.124. The molecule has 0 atom stereocenters. The van der Waals surface area contributed by atoms with Gasteiger partial charge in [-0.15, -0.1) is 0 Å². The molecule has 4 N–H and O–H groups in total. The largest absolute Gasteiger partial charge is 0.497 e. The quantitative estimate of drug-likeness (QED) is 0.820. The predicted octanol–water partition coefficient (Wildman–Crippen LogP) is 2.38. The molecular formula is C19H20FN3O3. The van der Waals surface area contributed by atoms with E-state index in [1.807, 2.05) is 0 Å². The van der Waals surface area contributed by atoms with Crippen LogP contribution in [-0.4, -0.2) is 31.6 Å². The highest BCUT2D eigenvalue weighted by Gasteiger charge is 2.29. The number of hydrogen-bond acceptors (Lipinski definition) is 5. The summed E-state index contributed by atoms with van der Waals surface area (Å²) in [5, 5.41) is 0. The molecule has 0 radical (unpaired) electrons. The van der Waals surface area contributed by atoms with E-state index in [1.165, 1.54) is 24.3 Å². The standard InChI is InChI=1S/C19H20FN3O3/c1-25-12-3-4-13(16(22)8-12)17(10-21)23-6-5-11-7-18(26-2)15(20)9-14(11)19(23)24/h3-4,7-10H,5-6,21-22H2,1-2H3/b17-10+. The number of anilines is 1. The molecule has 0 aromatic heterocycles. The van der Waals surface area contributed by atoms with Crippen molar-refractivity contribution in [1.29, 1.82) is 0 Å². The van der Waals surface area contributed by atoms with Gasteiger partial charge in [-0.1, -0.05) is 0 Å². The van der Waals surface area contributed by atoms with Crippen molar-refractivity contribution in [2.45, 2.75) is 6.42 Å². The first-order valence-electron chi connectivity index (χ1n) is 8.04. The van der Waals surface area contributed by atoms with Gasteiger partial charge < -0.3 is 25.8 Å². The van der Waals surface area contributed by atoms with Gasteiger partial charge in [0.25, 0.3) is 5.91 Å². The Balaban J connectivity index is 1.99. The highest BCUT2D eigenvalue weighted by Crippen LogP contribution is 2.33. The number of benzene rings is 2. The number of nitrogens with zero attached hydrogens (tertiary/aromatic N) is 1. The van der Waals surface area contributed by atoms with Crippen molar-refractivity contribution >= 4 is 17.3 Å². The van der Waals surface area contributed by atoms with Crippen LogP contribution in [0.25, 0.3) is 5.70 Å². The van der Waals surface area contributed by atoms with Gasteiger partial charge in [-0.25, -0.2) is 4.39 Å². The molecule has 1 heterocycles. The Morgan fingerprint density at radius 2 is 2.00 bits per heavy atom. The summed E-state index contributed by atoms with van der Waals surface area (Å²) in [7, 11) is 2.94. The second-order valence-electron chi connectivity index (χ2n) is 5.86. The Morgan fingerprint density at radius 1 is 1.23 bits per heavy atom. The number of nitrogens with two attached hydrogens (primary N) is 2. The van der Waals surface area contributed by atoms with Crippen LogP contribution in [-0.2, 0) is 6.42 Å². The minimum atomic E-state index is -0.580. The second kappa shape index (κ2) is 6.95. The monoisotopic (exact) mass is 357 g/mol. The van der Waals surface area contributed by atoms with Crippen molar-refractivity contribution in [3.63, 3.8) is 0 Å². The first-order chi connectivity index (χ1) is 12.5. The molecule has 26 heavy (non-hydrogen) atoms. The van der Waals surface area contributed by atoms with Crippen molar-refractivity contribution in [3.8, 4) is 11.5 Å². The van der Waals surface area contributed by atoms with Crippen LogP contribution in [0, 0.1) is 5.82 Å². The average Bonchev–Trinajstić information content (AvgIpc) is 2.65. The molecule has 1 aliphatic rings. The van der Waals surface area contributed by atoms with E-state index in [4.69, 9.17) is 20.9 Å². The molecular weight excluding hydrogens is 337 g/mol. The molecule has 0 spiro atoms. The van der Waals surface area contributed by atoms with Crippen LogP contribution in [0.15, 0.2) is 36.5 Å². The minimum Gasteiger partial charge on any atom is -0.497 e. The van der Waals surface area contributed by atoms with E-state index in [0.29, 0.717) is 41.2 Å². The van der Waals surface area contributed by atoms with Gasteiger partial charge in [0.1, 0.15) is 5.75 Å². The van der Waals surface area contributed by atoms with Crippen molar-refractivity contribution in [2.24, 2.45) is 5.73 Å². The third-order valence-corrected chi connectivity index (χ3v) is 4.44. The van der Waals surface area contributed by atoms with E-state index in [2.05, 4.69) is 0 Å². The number of halogens is 1. The van der Waals surface area contributed by atoms with Crippen molar-refractivity contribution in [3.05, 3.63) is 59.0 Å². The predicted molar refractivity (Wildman–Crippen MR) is 97.3 cm³/mol. The zero-order chi connectivity index (χ0) is 18.8. The number of nitrogen functional groups attached to an aromatic ring is 1. The Bertz CT molecular complexity index is 896. The average molecular weight is 357 g/mol. The Morgan fingerprint density at radius 3 is 2.62 bits per heavy atom. The number of hydrogen-bond donors (Lipinski definition) is 2. The number of carbonyl (C=O) groups is 1. The lowest BCUT2D eigenvalue weighted by molar-refractivity contribution is 0.0822. The Kier molecular flexibility index (Phi) is 4.71. The second-order valence-corrected chi connectivity index (χ2v) is 5.86. The van der Waals surface area contributed by atoms with Gasteiger partial charge in [-0.05, 0) is 36.2 Å². The van der Waals surface area contributed by atoms with Gasteiger partial charge in [-0.2, -0.15) is 0 Å². The molecule has 0 saturated heterocycles. The van der Waals surface area contributed by atoms with Crippen molar-refractivity contribution in [2.75, 3.05) is 26.5 Å². The summed E-state index contributed by atoms with van der Waals surface area (Å²) in [5.41, 5.74) is 14.4. The van der Waals surface area contributed by atoms with E-state index < -0.39 is 5.82 Å². The summed E-state index contributed by atoms with van der Waals surface area (Å²) in [6.45, 7) is 0.398. The van der Waals surface area contributed by atoms with Gasteiger partial charge in [-0.3, -0.25) is 4.79 Å². The topological polar surface area (TPSA) is 90.8 Å². The normalized spacial score (nSPS) is 14.2. The lowest BCUT2D eigenvalue weighted by Gasteiger charge is -2.31. The zero-order valence-corrected chi connectivity index (χ0v) is 14.6. The summed E-state index contributed by atoms with van der Waals surface area (Å²) in [5.74, 6) is -0.186. The van der Waals surface area contributed by atoms with Gasteiger partial charge in [0.15, 0.2) is 11.6 Å². The smallest absolute Gasteiger partial charge is 0.258 e. The molecule has 0 bridgehead atoms. The Labute approximate surface area is 150 Å². The van der Waals surface area contributed by atoms with Crippen LogP contribution >= 0.6 is 0 Å². The van der Waals surface area contributed by atoms with Crippen molar-refractivity contribution < 1.29 is 18.7 Å². The fourth-order valence-electron chi connectivity index (χ4n) is 3.09. The number of fused-ring (bicyclic) bond motifs is 1. The number of rotatable bonds is 4. The fraction of sp³-hybridized carbons (Fsp3) is 0.211. The van der Waals surface area contributed by atoms with Gasteiger partial charge in [0.05, 0.1) is 19.9 Å². The molecule has 0 unspecified atom stereocenters. The van der Waals surface area contributed by atoms with E-state index >= 15 is 0 Å². The molecule has 2 aromatic rings. The molecule has 0 saturated carbocycles. The summed E-state index contributed by atoms with van der Waals surface area (Å²) < 4.78 is 24.2. The molecule has 0 aliphatic carbocycles. The molecule has 6 nitrogen and oxygen atoms in total. The van der Waals surface area contributed by atoms with E-state index in [1.54, 1.807) is 31.4 Å². The Hall–Kier alpha value is -3.22. The maximum Gasteiger partial charge on any atom is 0.258 e. The lowest BCUT2D eigenvalue weighted by atomic mass is 9.96. The zero-order valence-electron chi connectivity index (χ0n) is 14.6. The molecule has 7 heteroatoms. The number of amides is 1. The van der Waals surface area contributed by atoms with E-state index in [0.717, 1.165) is 5.56 Å².